The number of hydrogen-bond donors (Lipinski definition) is 1. The van der Waals surface area contributed by atoms with E-state index in [0.717, 1.165) is 37.6 Å². The van der Waals surface area contributed by atoms with Crippen LogP contribution in [0.15, 0.2) is 18.2 Å². The molecule has 1 heterocycles. The molecule has 2 rings (SSSR count). The van der Waals surface area contributed by atoms with E-state index in [1.807, 2.05) is 12.1 Å². The molecule has 0 aliphatic carbocycles. The van der Waals surface area contributed by atoms with Crippen LogP contribution < -0.4 is 5.73 Å². The minimum absolute atomic E-state index is 0. The predicted octanol–water partition coefficient (Wildman–Crippen LogP) is 3.49. The third-order valence-electron chi connectivity index (χ3n) is 4.11. The van der Waals surface area contributed by atoms with Gasteiger partial charge in [-0.25, -0.2) is 0 Å². The molecule has 1 aliphatic rings. The highest BCUT2D eigenvalue weighted by Crippen LogP contribution is 2.31. The Kier molecular flexibility index (Phi) is 6.13. The molecular weight excluding hydrogens is 279 g/mol. The van der Waals surface area contributed by atoms with Crippen LogP contribution in [0, 0.1) is 5.41 Å². The van der Waals surface area contributed by atoms with Crippen molar-refractivity contribution >= 4 is 24.0 Å². The molecule has 1 atom stereocenters. The third kappa shape index (κ3) is 3.85. The molecule has 1 aromatic rings. The van der Waals surface area contributed by atoms with Gasteiger partial charge >= 0.3 is 0 Å². The van der Waals surface area contributed by atoms with Crippen molar-refractivity contribution in [1.82, 2.24) is 4.90 Å². The summed E-state index contributed by atoms with van der Waals surface area (Å²) < 4.78 is 0. The second-order valence-electron chi connectivity index (χ2n) is 5.71. The van der Waals surface area contributed by atoms with E-state index in [9.17, 15) is 0 Å². The summed E-state index contributed by atoms with van der Waals surface area (Å²) in [5.41, 5.74) is 8.80. The van der Waals surface area contributed by atoms with Crippen molar-refractivity contribution in [3.63, 3.8) is 0 Å². The number of hydrogen-bond acceptors (Lipinski definition) is 2. The van der Waals surface area contributed by atoms with E-state index in [0.29, 0.717) is 0 Å². The molecule has 0 saturated carbocycles. The molecular formula is C15H24Cl2N2. The van der Waals surface area contributed by atoms with Gasteiger partial charge < -0.3 is 5.73 Å². The number of aryl methyl sites for hydroxylation is 1. The van der Waals surface area contributed by atoms with E-state index < -0.39 is 0 Å². The van der Waals surface area contributed by atoms with E-state index in [1.54, 1.807) is 0 Å². The summed E-state index contributed by atoms with van der Waals surface area (Å²) in [6.07, 6.45) is 2.23. The fourth-order valence-corrected chi connectivity index (χ4v) is 3.02. The summed E-state index contributed by atoms with van der Waals surface area (Å²) in [4.78, 5) is 2.48. The van der Waals surface area contributed by atoms with Crippen LogP contribution in [0.1, 0.15) is 31.4 Å². The van der Waals surface area contributed by atoms with Crippen LogP contribution in [0.5, 0.6) is 0 Å². The summed E-state index contributed by atoms with van der Waals surface area (Å²) in [6.45, 7) is 8.40. The molecule has 1 saturated heterocycles. The van der Waals surface area contributed by atoms with Gasteiger partial charge in [-0.1, -0.05) is 37.6 Å². The molecule has 1 unspecified atom stereocenters. The maximum absolute atomic E-state index is 6.34. The first-order valence-electron chi connectivity index (χ1n) is 6.76. The number of benzene rings is 1. The molecule has 2 nitrogen and oxygen atoms in total. The lowest BCUT2D eigenvalue weighted by Crippen LogP contribution is -2.31. The summed E-state index contributed by atoms with van der Waals surface area (Å²) in [6, 6.07) is 6.21. The van der Waals surface area contributed by atoms with Gasteiger partial charge in [-0.3, -0.25) is 4.90 Å². The van der Waals surface area contributed by atoms with Gasteiger partial charge in [0.05, 0.1) is 0 Å². The van der Waals surface area contributed by atoms with Crippen LogP contribution in [0.4, 0.5) is 0 Å². The second-order valence-corrected chi connectivity index (χ2v) is 6.11. The average Bonchev–Trinajstić information content (AvgIpc) is 2.74. The maximum Gasteiger partial charge on any atom is 0.0453 e. The van der Waals surface area contributed by atoms with Gasteiger partial charge in [-0.2, -0.15) is 0 Å². The monoisotopic (exact) mass is 302 g/mol. The Balaban J connectivity index is 0.00000180. The zero-order valence-corrected chi connectivity index (χ0v) is 13.4. The van der Waals surface area contributed by atoms with Gasteiger partial charge in [0.2, 0.25) is 0 Å². The summed E-state index contributed by atoms with van der Waals surface area (Å²) >= 11 is 6.34. The zero-order valence-electron chi connectivity index (χ0n) is 11.8. The predicted molar refractivity (Wildman–Crippen MR) is 85.1 cm³/mol. The molecule has 1 aromatic carbocycles. The van der Waals surface area contributed by atoms with Crippen molar-refractivity contribution in [2.45, 2.75) is 33.2 Å². The van der Waals surface area contributed by atoms with Gasteiger partial charge in [-0.05, 0) is 48.5 Å². The lowest BCUT2D eigenvalue weighted by atomic mass is 9.90. The Morgan fingerprint density at radius 1 is 1.42 bits per heavy atom. The first-order chi connectivity index (χ1) is 8.58. The van der Waals surface area contributed by atoms with Gasteiger partial charge in [0.1, 0.15) is 0 Å². The molecule has 1 fully saturated rings. The number of nitrogens with two attached hydrogens (primary N) is 1. The molecule has 0 radical (unpaired) electrons. The number of nitrogens with zero attached hydrogens (tertiary/aromatic N) is 1. The van der Waals surface area contributed by atoms with Crippen molar-refractivity contribution in [3.8, 4) is 0 Å². The van der Waals surface area contributed by atoms with Crippen molar-refractivity contribution in [2.75, 3.05) is 19.6 Å². The van der Waals surface area contributed by atoms with E-state index in [4.69, 9.17) is 17.3 Å². The quantitative estimate of drug-likeness (QED) is 0.922. The fourth-order valence-electron chi connectivity index (χ4n) is 2.76. The molecule has 0 spiro atoms. The number of likely N-dealkylation sites (tertiary alicyclic amines) is 1. The van der Waals surface area contributed by atoms with Crippen LogP contribution in [0.2, 0.25) is 5.02 Å². The lowest BCUT2D eigenvalue weighted by molar-refractivity contribution is 0.274. The first-order valence-corrected chi connectivity index (χ1v) is 7.14. The summed E-state index contributed by atoms with van der Waals surface area (Å²) in [5.74, 6) is 0. The van der Waals surface area contributed by atoms with Gasteiger partial charge in [0, 0.05) is 18.1 Å². The highest BCUT2D eigenvalue weighted by atomic mass is 35.5. The Labute approximate surface area is 127 Å². The van der Waals surface area contributed by atoms with Crippen molar-refractivity contribution < 1.29 is 0 Å². The molecule has 2 N–H and O–H groups in total. The Hall–Kier alpha value is -0.280. The highest BCUT2D eigenvalue weighted by Gasteiger charge is 2.32. The molecule has 108 valence electrons. The molecule has 0 bridgehead atoms. The summed E-state index contributed by atoms with van der Waals surface area (Å²) in [7, 11) is 0. The smallest absolute Gasteiger partial charge is 0.0453 e. The third-order valence-corrected chi connectivity index (χ3v) is 4.46. The molecule has 19 heavy (non-hydrogen) atoms. The van der Waals surface area contributed by atoms with Crippen LogP contribution in [0.3, 0.4) is 0 Å². The molecule has 0 amide bonds. The molecule has 0 aromatic heterocycles. The SMILES string of the molecule is CCc1cccc(Cl)c1CN1CCC(C)(CN)C1.Cl. The van der Waals surface area contributed by atoms with Crippen LogP contribution in [-0.4, -0.2) is 24.5 Å². The van der Waals surface area contributed by atoms with Crippen molar-refractivity contribution in [3.05, 3.63) is 34.3 Å². The maximum atomic E-state index is 6.34. The van der Waals surface area contributed by atoms with Crippen LogP contribution >= 0.6 is 24.0 Å². The fraction of sp³-hybridized carbons (Fsp3) is 0.600. The Morgan fingerprint density at radius 3 is 2.74 bits per heavy atom. The molecule has 4 heteroatoms. The van der Waals surface area contributed by atoms with Gasteiger partial charge in [0.25, 0.3) is 0 Å². The topological polar surface area (TPSA) is 29.3 Å². The lowest BCUT2D eigenvalue weighted by Gasteiger charge is -2.23. The number of halogens is 2. The van der Waals surface area contributed by atoms with Gasteiger partial charge in [0.15, 0.2) is 0 Å². The first kappa shape index (κ1) is 16.8. The highest BCUT2D eigenvalue weighted by molar-refractivity contribution is 6.31. The average molecular weight is 303 g/mol. The minimum Gasteiger partial charge on any atom is -0.330 e. The molecule has 1 aliphatic heterocycles. The normalized spacial score (nSPS) is 23.4. The van der Waals surface area contributed by atoms with E-state index in [1.165, 1.54) is 17.5 Å². The van der Waals surface area contributed by atoms with Gasteiger partial charge in [-0.15, -0.1) is 12.4 Å². The largest absolute Gasteiger partial charge is 0.330 e. The zero-order chi connectivity index (χ0) is 13.2. The number of rotatable bonds is 4. The van der Waals surface area contributed by atoms with Crippen molar-refractivity contribution in [2.24, 2.45) is 11.1 Å². The summed E-state index contributed by atoms with van der Waals surface area (Å²) in [5, 5.41) is 0.899. The standard InChI is InChI=1S/C15H23ClN2.ClH/c1-3-12-5-4-6-14(16)13(12)9-18-8-7-15(2,10-17)11-18;/h4-6H,3,7-11,17H2,1-2H3;1H. The Bertz CT molecular complexity index is 423. The van der Waals surface area contributed by atoms with E-state index in [-0.39, 0.29) is 17.8 Å². The van der Waals surface area contributed by atoms with Crippen molar-refractivity contribution in [1.29, 1.82) is 0 Å². The Morgan fingerprint density at radius 2 is 2.16 bits per heavy atom. The van der Waals surface area contributed by atoms with E-state index >= 15 is 0 Å². The minimum atomic E-state index is 0. The van der Waals surface area contributed by atoms with E-state index in [2.05, 4.69) is 24.8 Å². The van der Waals surface area contributed by atoms with Crippen LogP contribution in [-0.2, 0) is 13.0 Å². The second kappa shape index (κ2) is 6.94. The van der Waals surface area contributed by atoms with Crippen LogP contribution in [0.25, 0.3) is 0 Å².